The summed E-state index contributed by atoms with van der Waals surface area (Å²) in [6.07, 6.45) is 3.26. The lowest BCUT2D eigenvalue weighted by atomic mass is 10.3. The molecule has 0 aliphatic carbocycles. The number of unbranched alkanes of at least 4 members (excludes halogenated alkanes) is 1. The third kappa shape index (κ3) is 4.07. The van der Waals surface area contributed by atoms with Crippen LogP contribution in [0.25, 0.3) is 0 Å². The maximum atomic E-state index is 4.97. The van der Waals surface area contributed by atoms with Crippen LogP contribution in [0.5, 0.6) is 0 Å². The van der Waals surface area contributed by atoms with Gasteiger partial charge in [0.2, 0.25) is 0 Å². The van der Waals surface area contributed by atoms with E-state index < -0.39 is 0 Å². The normalized spacial score (nSPS) is 10.4. The van der Waals surface area contributed by atoms with Crippen LogP contribution >= 0.6 is 11.3 Å². The molecule has 0 radical (unpaired) electrons. The summed E-state index contributed by atoms with van der Waals surface area (Å²) < 4.78 is 4.97. The molecule has 0 atom stereocenters. The van der Waals surface area contributed by atoms with E-state index >= 15 is 0 Å². The maximum Gasteiger partial charge on any atom is 0.182 e. The number of methoxy groups -OCH3 is 1. The van der Waals surface area contributed by atoms with Crippen LogP contribution < -0.4 is 5.32 Å². The molecule has 1 heterocycles. The number of nitrogens with one attached hydrogen (secondary N) is 1. The molecular formula is C10H18N2OS. The number of aryl methyl sites for hydroxylation is 1. The highest BCUT2D eigenvalue weighted by Gasteiger charge is 1.98. The number of aromatic nitrogens is 1. The van der Waals surface area contributed by atoms with Gasteiger partial charge in [0.15, 0.2) is 5.13 Å². The summed E-state index contributed by atoms with van der Waals surface area (Å²) in [7, 11) is 1.74. The van der Waals surface area contributed by atoms with E-state index in [0.717, 1.165) is 37.5 Å². The second-order valence-electron chi connectivity index (χ2n) is 3.12. The van der Waals surface area contributed by atoms with Crippen molar-refractivity contribution in [3.05, 3.63) is 11.1 Å². The first-order valence-electron chi connectivity index (χ1n) is 5.04. The zero-order chi connectivity index (χ0) is 10.2. The van der Waals surface area contributed by atoms with Crippen LogP contribution in [0, 0.1) is 0 Å². The monoisotopic (exact) mass is 214 g/mol. The molecule has 0 amide bonds. The molecule has 0 bridgehead atoms. The summed E-state index contributed by atoms with van der Waals surface area (Å²) >= 11 is 1.68. The van der Waals surface area contributed by atoms with Crippen LogP contribution in [-0.2, 0) is 11.2 Å². The van der Waals surface area contributed by atoms with Gasteiger partial charge in [0.25, 0.3) is 0 Å². The van der Waals surface area contributed by atoms with Gasteiger partial charge in [0, 0.05) is 25.6 Å². The molecule has 0 saturated carbocycles. The fraction of sp³-hybridized carbons (Fsp3) is 0.700. The standard InChI is InChI=1S/C10H18N2OS/c1-3-9-8-14-10(12-9)11-6-4-5-7-13-2/h8H,3-7H2,1-2H3,(H,11,12). The zero-order valence-electron chi connectivity index (χ0n) is 8.88. The van der Waals surface area contributed by atoms with E-state index in [4.69, 9.17) is 4.74 Å². The van der Waals surface area contributed by atoms with Gasteiger partial charge in [-0.25, -0.2) is 4.98 Å². The summed E-state index contributed by atoms with van der Waals surface area (Å²) in [6.45, 7) is 3.96. The molecule has 0 spiro atoms. The Kier molecular flexibility index (Phi) is 5.56. The molecule has 4 heteroatoms. The summed E-state index contributed by atoms with van der Waals surface area (Å²) in [4.78, 5) is 4.42. The van der Waals surface area contributed by atoms with Gasteiger partial charge in [-0.1, -0.05) is 6.92 Å². The van der Waals surface area contributed by atoms with Gasteiger partial charge in [0.05, 0.1) is 5.69 Å². The average molecular weight is 214 g/mol. The van der Waals surface area contributed by atoms with Crippen molar-refractivity contribution in [1.29, 1.82) is 0 Å². The summed E-state index contributed by atoms with van der Waals surface area (Å²) in [5.41, 5.74) is 1.18. The number of thiazole rings is 1. The largest absolute Gasteiger partial charge is 0.385 e. The second-order valence-corrected chi connectivity index (χ2v) is 3.98. The minimum Gasteiger partial charge on any atom is -0.385 e. The number of anilines is 1. The molecule has 0 saturated heterocycles. The predicted octanol–water partition coefficient (Wildman–Crippen LogP) is 2.54. The SMILES string of the molecule is CCc1csc(NCCCCOC)n1. The van der Waals surface area contributed by atoms with Crippen molar-refractivity contribution in [2.45, 2.75) is 26.2 Å². The summed E-state index contributed by atoms with van der Waals surface area (Å²) in [5, 5.41) is 6.46. The highest BCUT2D eigenvalue weighted by Crippen LogP contribution is 2.15. The number of ether oxygens (including phenoxy) is 1. The Morgan fingerprint density at radius 1 is 1.50 bits per heavy atom. The lowest BCUT2D eigenvalue weighted by Gasteiger charge is -2.01. The first-order valence-corrected chi connectivity index (χ1v) is 5.92. The Morgan fingerprint density at radius 2 is 2.36 bits per heavy atom. The molecule has 1 rings (SSSR count). The maximum absolute atomic E-state index is 4.97. The van der Waals surface area contributed by atoms with E-state index in [1.54, 1.807) is 18.4 Å². The fourth-order valence-corrected chi connectivity index (χ4v) is 1.94. The number of hydrogen-bond donors (Lipinski definition) is 1. The number of nitrogens with zero attached hydrogens (tertiary/aromatic N) is 1. The van der Waals surface area contributed by atoms with Gasteiger partial charge < -0.3 is 10.1 Å². The van der Waals surface area contributed by atoms with Crippen molar-refractivity contribution >= 4 is 16.5 Å². The number of hydrogen-bond acceptors (Lipinski definition) is 4. The van der Waals surface area contributed by atoms with E-state index in [2.05, 4.69) is 22.6 Å². The lowest BCUT2D eigenvalue weighted by molar-refractivity contribution is 0.194. The van der Waals surface area contributed by atoms with Crippen molar-refractivity contribution in [3.63, 3.8) is 0 Å². The van der Waals surface area contributed by atoms with Gasteiger partial charge in [-0.05, 0) is 19.3 Å². The zero-order valence-corrected chi connectivity index (χ0v) is 9.69. The molecule has 0 aromatic carbocycles. The number of rotatable bonds is 7. The van der Waals surface area contributed by atoms with Gasteiger partial charge >= 0.3 is 0 Å². The molecule has 0 aliphatic heterocycles. The van der Waals surface area contributed by atoms with Crippen molar-refractivity contribution in [3.8, 4) is 0 Å². The lowest BCUT2D eigenvalue weighted by Crippen LogP contribution is -2.02. The van der Waals surface area contributed by atoms with E-state index in [0.29, 0.717) is 0 Å². The fourth-order valence-electron chi connectivity index (χ4n) is 1.12. The van der Waals surface area contributed by atoms with Gasteiger partial charge in [-0.2, -0.15) is 0 Å². The average Bonchev–Trinajstić information content (AvgIpc) is 2.65. The Labute approximate surface area is 89.5 Å². The van der Waals surface area contributed by atoms with Crippen LogP contribution in [0.15, 0.2) is 5.38 Å². The molecule has 3 nitrogen and oxygen atoms in total. The van der Waals surface area contributed by atoms with E-state index in [9.17, 15) is 0 Å². The predicted molar refractivity (Wildman–Crippen MR) is 61.1 cm³/mol. The third-order valence-corrected chi connectivity index (χ3v) is 2.81. The second kappa shape index (κ2) is 6.79. The van der Waals surface area contributed by atoms with Crippen molar-refractivity contribution in [2.24, 2.45) is 0 Å². The van der Waals surface area contributed by atoms with Crippen LogP contribution in [-0.4, -0.2) is 25.2 Å². The Hall–Kier alpha value is -0.610. The van der Waals surface area contributed by atoms with Crippen molar-refractivity contribution in [2.75, 3.05) is 25.6 Å². The summed E-state index contributed by atoms with van der Waals surface area (Å²) in [5.74, 6) is 0. The Balaban J connectivity index is 2.12. The molecule has 1 aromatic heterocycles. The topological polar surface area (TPSA) is 34.1 Å². The van der Waals surface area contributed by atoms with Crippen LogP contribution in [0.4, 0.5) is 5.13 Å². The van der Waals surface area contributed by atoms with Crippen molar-refractivity contribution < 1.29 is 4.74 Å². The minimum atomic E-state index is 0.847. The van der Waals surface area contributed by atoms with Crippen LogP contribution in [0.2, 0.25) is 0 Å². The van der Waals surface area contributed by atoms with Crippen molar-refractivity contribution in [1.82, 2.24) is 4.98 Å². The molecule has 80 valence electrons. The quantitative estimate of drug-likeness (QED) is 0.708. The summed E-state index contributed by atoms with van der Waals surface area (Å²) in [6, 6.07) is 0. The third-order valence-electron chi connectivity index (χ3n) is 1.97. The molecule has 1 N–H and O–H groups in total. The van der Waals surface area contributed by atoms with Gasteiger partial charge in [0.1, 0.15) is 0 Å². The van der Waals surface area contributed by atoms with Crippen LogP contribution in [0.3, 0.4) is 0 Å². The minimum absolute atomic E-state index is 0.847. The van der Waals surface area contributed by atoms with Gasteiger partial charge in [-0.3, -0.25) is 0 Å². The van der Waals surface area contributed by atoms with E-state index in [-0.39, 0.29) is 0 Å². The van der Waals surface area contributed by atoms with Crippen LogP contribution in [0.1, 0.15) is 25.5 Å². The van der Waals surface area contributed by atoms with E-state index in [1.807, 2.05) is 0 Å². The molecular weight excluding hydrogens is 196 g/mol. The van der Waals surface area contributed by atoms with Gasteiger partial charge in [-0.15, -0.1) is 11.3 Å². The smallest absolute Gasteiger partial charge is 0.182 e. The first kappa shape index (κ1) is 11.5. The Morgan fingerprint density at radius 3 is 3.00 bits per heavy atom. The molecule has 0 aliphatic rings. The molecule has 0 unspecified atom stereocenters. The Bertz CT molecular complexity index is 250. The molecule has 14 heavy (non-hydrogen) atoms. The molecule has 1 aromatic rings. The highest BCUT2D eigenvalue weighted by atomic mass is 32.1. The van der Waals surface area contributed by atoms with E-state index in [1.165, 1.54) is 5.69 Å². The first-order chi connectivity index (χ1) is 6.86. The highest BCUT2D eigenvalue weighted by molar-refractivity contribution is 7.13. The molecule has 0 fully saturated rings.